The van der Waals surface area contributed by atoms with E-state index in [1.807, 2.05) is 91.0 Å². The SMILES string of the molecule is NC(=O)[C@H](Cc1ccccc1[N+](=O)[O-])NC(=O)CC(c1ccccc1)(c1ccccc1)c1ccccc1. The van der Waals surface area contributed by atoms with Gasteiger partial charge in [0.05, 0.1) is 10.3 Å². The molecular formula is C30H27N3O4. The number of amides is 2. The molecule has 0 fully saturated rings. The summed E-state index contributed by atoms with van der Waals surface area (Å²) in [4.78, 5) is 36.9. The number of primary amides is 1. The molecular weight excluding hydrogens is 466 g/mol. The average molecular weight is 494 g/mol. The van der Waals surface area contributed by atoms with Crippen molar-refractivity contribution in [2.75, 3.05) is 0 Å². The molecule has 3 N–H and O–H groups in total. The number of nitrogens with two attached hydrogens (primary N) is 1. The van der Waals surface area contributed by atoms with Crippen LogP contribution in [0.5, 0.6) is 0 Å². The molecule has 37 heavy (non-hydrogen) atoms. The van der Waals surface area contributed by atoms with Gasteiger partial charge in [-0.05, 0) is 16.7 Å². The van der Waals surface area contributed by atoms with Crippen LogP contribution in [0.3, 0.4) is 0 Å². The van der Waals surface area contributed by atoms with Crippen LogP contribution < -0.4 is 11.1 Å². The highest BCUT2D eigenvalue weighted by Crippen LogP contribution is 2.42. The molecule has 7 nitrogen and oxygen atoms in total. The number of carbonyl (C=O) groups is 2. The molecule has 4 aromatic carbocycles. The molecule has 0 aromatic heterocycles. The van der Waals surface area contributed by atoms with Gasteiger partial charge >= 0.3 is 0 Å². The van der Waals surface area contributed by atoms with E-state index >= 15 is 0 Å². The van der Waals surface area contributed by atoms with Crippen molar-refractivity contribution in [3.63, 3.8) is 0 Å². The molecule has 0 aliphatic rings. The number of nitrogens with one attached hydrogen (secondary N) is 1. The number of nitrogens with zero attached hydrogens (tertiary/aromatic N) is 1. The van der Waals surface area contributed by atoms with Gasteiger partial charge in [0.15, 0.2) is 0 Å². The van der Waals surface area contributed by atoms with Crippen molar-refractivity contribution in [2.24, 2.45) is 5.73 Å². The van der Waals surface area contributed by atoms with E-state index in [0.717, 1.165) is 16.7 Å². The maximum absolute atomic E-state index is 13.6. The van der Waals surface area contributed by atoms with Gasteiger partial charge in [0.25, 0.3) is 5.69 Å². The summed E-state index contributed by atoms with van der Waals surface area (Å²) in [6, 6.07) is 34.2. The minimum atomic E-state index is -1.12. The quantitative estimate of drug-likeness (QED) is 0.192. The van der Waals surface area contributed by atoms with Gasteiger partial charge < -0.3 is 11.1 Å². The summed E-state index contributed by atoms with van der Waals surface area (Å²) in [5.74, 6) is -1.17. The van der Waals surface area contributed by atoms with Crippen LogP contribution in [0.15, 0.2) is 115 Å². The van der Waals surface area contributed by atoms with Gasteiger partial charge in [0.2, 0.25) is 11.8 Å². The maximum Gasteiger partial charge on any atom is 0.272 e. The zero-order chi connectivity index (χ0) is 26.3. The van der Waals surface area contributed by atoms with Crippen molar-refractivity contribution in [3.05, 3.63) is 148 Å². The summed E-state index contributed by atoms with van der Waals surface area (Å²) in [7, 11) is 0. The van der Waals surface area contributed by atoms with E-state index in [1.165, 1.54) is 6.07 Å². The zero-order valence-electron chi connectivity index (χ0n) is 20.1. The molecule has 0 spiro atoms. The molecule has 0 saturated carbocycles. The molecule has 4 aromatic rings. The molecule has 7 heteroatoms. The van der Waals surface area contributed by atoms with Crippen molar-refractivity contribution >= 4 is 17.5 Å². The van der Waals surface area contributed by atoms with Gasteiger partial charge in [-0.2, -0.15) is 0 Å². The Morgan fingerprint density at radius 3 is 1.62 bits per heavy atom. The van der Waals surface area contributed by atoms with E-state index in [1.54, 1.807) is 18.2 Å². The topological polar surface area (TPSA) is 115 Å². The fraction of sp³-hybridized carbons (Fsp3) is 0.133. The van der Waals surface area contributed by atoms with E-state index in [0.29, 0.717) is 5.56 Å². The largest absolute Gasteiger partial charge is 0.368 e. The Morgan fingerprint density at radius 1 is 0.757 bits per heavy atom. The van der Waals surface area contributed by atoms with Crippen LogP contribution >= 0.6 is 0 Å². The molecule has 0 bridgehead atoms. The van der Waals surface area contributed by atoms with Gasteiger partial charge in [0, 0.05) is 24.5 Å². The lowest BCUT2D eigenvalue weighted by molar-refractivity contribution is -0.385. The number of hydrogen-bond acceptors (Lipinski definition) is 4. The van der Waals surface area contributed by atoms with Crippen LogP contribution in [0.4, 0.5) is 5.69 Å². The number of nitro benzene ring substituents is 1. The molecule has 2 amide bonds. The Kier molecular flexibility index (Phi) is 7.74. The number of carbonyl (C=O) groups excluding carboxylic acids is 2. The van der Waals surface area contributed by atoms with Crippen LogP contribution in [-0.4, -0.2) is 22.8 Å². The Hall–Kier alpha value is -4.78. The van der Waals surface area contributed by atoms with Crippen LogP contribution in [-0.2, 0) is 21.4 Å². The van der Waals surface area contributed by atoms with Crippen LogP contribution in [0.1, 0.15) is 28.7 Å². The van der Waals surface area contributed by atoms with Crippen LogP contribution in [0, 0.1) is 10.1 Å². The highest BCUT2D eigenvalue weighted by molar-refractivity contribution is 5.88. The Labute approximate surface area is 215 Å². The molecule has 0 aliphatic heterocycles. The maximum atomic E-state index is 13.6. The average Bonchev–Trinajstić information content (AvgIpc) is 2.93. The summed E-state index contributed by atoms with van der Waals surface area (Å²) in [6.07, 6.45) is -0.0983. The molecule has 0 unspecified atom stereocenters. The first-order valence-corrected chi connectivity index (χ1v) is 11.9. The van der Waals surface area contributed by atoms with Gasteiger partial charge in [-0.25, -0.2) is 0 Å². The van der Waals surface area contributed by atoms with E-state index < -0.39 is 28.2 Å². The fourth-order valence-electron chi connectivity index (χ4n) is 4.76. The summed E-state index contributed by atoms with van der Waals surface area (Å²) >= 11 is 0. The second-order valence-corrected chi connectivity index (χ2v) is 8.79. The lowest BCUT2D eigenvalue weighted by Crippen LogP contribution is -2.48. The van der Waals surface area contributed by atoms with Crippen molar-refractivity contribution in [3.8, 4) is 0 Å². The lowest BCUT2D eigenvalue weighted by atomic mass is 9.67. The third kappa shape index (κ3) is 5.56. The first-order valence-electron chi connectivity index (χ1n) is 11.9. The van der Waals surface area contributed by atoms with Gasteiger partial charge in [-0.1, -0.05) is 109 Å². The fourth-order valence-corrected chi connectivity index (χ4v) is 4.76. The first kappa shape index (κ1) is 25.3. The summed E-state index contributed by atoms with van der Waals surface area (Å²) in [6.45, 7) is 0. The van der Waals surface area contributed by atoms with E-state index in [4.69, 9.17) is 5.73 Å². The highest BCUT2D eigenvalue weighted by atomic mass is 16.6. The van der Waals surface area contributed by atoms with E-state index in [-0.39, 0.29) is 18.5 Å². The molecule has 0 radical (unpaired) electrons. The third-order valence-corrected chi connectivity index (χ3v) is 6.52. The van der Waals surface area contributed by atoms with Gasteiger partial charge in [-0.15, -0.1) is 0 Å². The first-order chi connectivity index (χ1) is 17.9. The van der Waals surface area contributed by atoms with E-state index in [2.05, 4.69) is 5.32 Å². The normalized spacial score (nSPS) is 11.9. The number of hydrogen-bond donors (Lipinski definition) is 2. The van der Waals surface area contributed by atoms with Crippen LogP contribution in [0.2, 0.25) is 0 Å². The van der Waals surface area contributed by atoms with Crippen molar-refractivity contribution in [1.82, 2.24) is 5.32 Å². The summed E-state index contributed by atoms with van der Waals surface area (Å²) in [5, 5.41) is 14.2. The van der Waals surface area contributed by atoms with Crippen molar-refractivity contribution in [1.29, 1.82) is 0 Å². The third-order valence-electron chi connectivity index (χ3n) is 6.52. The highest BCUT2D eigenvalue weighted by Gasteiger charge is 2.39. The number of rotatable bonds is 10. The Morgan fingerprint density at radius 2 is 1.19 bits per heavy atom. The molecule has 0 aliphatic carbocycles. The molecule has 0 saturated heterocycles. The number of nitro groups is 1. The second kappa shape index (κ2) is 11.3. The standard InChI is InChI=1S/C30H27N3O4/c31-29(35)26(20-22-12-10-11-19-27(22)33(36)37)32-28(34)21-30(23-13-4-1-5-14-23,24-15-6-2-7-16-24)25-17-8-3-9-18-25/h1-19,26H,20-21H2,(H2,31,35)(H,32,34)/t26-/m0/s1. The molecule has 1 atom stereocenters. The smallest absolute Gasteiger partial charge is 0.272 e. The minimum Gasteiger partial charge on any atom is -0.368 e. The predicted molar refractivity (Wildman–Crippen MR) is 142 cm³/mol. The minimum absolute atomic E-state index is 0.00823. The second-order valence-electron chi connectivity index (χ2n) is 8.79. The van der Waals surface area contributed by atoms with E-state index in [9.17, 15) is 19.7 Å². The summed E-state index contributed by atoms with van der Waals surface area (Å²) in [5.41, 5.74) is 7.71. The lowest BCUT2D eigenvalue weighted by Gasteiger charge is -2.36. The summed E-state index contributed by atoms with van der Waals surface area (Å²) < 4.78 is 0. The molecule has 186 valence electrons. The molecule has 0 heterocycles. The van der Waals surface area contributed by atoms with Crippen LogP contribution in [0.25, 0.3) is 0 Å². The Bertz CT molecular complexity index is 1280. The van der Waals surface area contributed by atoms with Crippen molar-refractivity contribution < 1.29 is 14.5 Å². The molecule has 4 rings (SSSR count). The number of para-hydroxylation sites is 1. The predicted octanol–water partition coefficient (Wildman–Crippen LogP) is 4.53. The van der Waals surface area contributed by atoms with Gasteiger partial charge in [0.1, 0.15) is 6.04 Å². The van der Waals surface area contributed by atoms with Crippen molar-refractivity contribution in [2.45, 2.75) is 24.3 Å². The number of benzene rings is 4. The monoisotopic (exact) mass is 493 g/mol. The zero-order valence-corrected chi connectivity index (χ0v) is 20.1. The Balaban J connectivity index is 1.73. The van der Waals surface area contributed by atoms with Gasteiger partial charge in [-0.3, -0.25) is 19.7 Å².